The predicted molar refractivity (Wildman–Crippen MR) is 74.0 cm³/mol. The molecule has 0 fully saturated rings. The second kappa shape index (κ2) is 6.18. The second-order valence-electron chi connectivity index (χ2n) is 3.63. The van der Waals surface area contributed by atoms with Gasteiger partial charge in [-0.05, 0) is 24.7 Å². The first kappa shape index (κ1) is 13.4. The number of thiocarbonyl (C=S) groups is 1. The normalized spacial score (nSPS) is 10.8. The summed E-state index contributed by atoms with van der Waals surface area (Å²) >= 11 is 11.1. The molecule has 2 N–H and O–H groups in total. The molecule has 0 radical (unpaired) electrons. The van der Waals surface area contributed by atoms with Gasteiger partial charge in [0.05, 0.1) is 0 Å². The summed E-state index contributed by atoms with van der Waals surface area (Å²) in [5.74, 6) is 0. The van der Waals surface area contributed by atoms with Crippen LogP contribution in [0, 0.1) is 0 Å². The molecule has 0 saturated carbocycles. The first-order chi connectivity index (χ1) is 7.58. The highest BCUT2D eigenvalue weighted by molar-refractivity contribution is 7.80. The molecule has 0 aliphatic carbocycles. The summed E-state index contributed by atoms with van der Waals surface area (Å²) in [6, 6.07) is 5.75. The molecule has 1 rings (SSSR count). The van der Waals surface area contributed by atoms with Gasteiger partial charge in [0.15, 0.2) is 0 Å². The zero-order valence-electron chi connectivity index (χ0n) is 9.66. The van der Waals surface area contributed by atoms with Crippen LogP contribution in [0.5, 0.6) is 0 Å². The van der Waals surface area contributed by atoms with Crippen LogP contribution in [-0.2, 0) is 6.54 Å². The maximum Gasteiger partial charge on any atom is 0.104 e. The van der Waals surface area contributed by atoms with Crippen molar-refractivity contribution in [1.82, 2.24) is 4.90 Å². The molecule has 0 aliphatic heterocycles. The molecule has 16 heavy (non-hydrogen) atoms. The van der Waals surface area contributed by atoms with E-state index in [0.717, 1.165) is 35.8 Å². The number of benzene rings is 1. The van der Waals surface area contributed by atoms with Gasteiger partial charge in [0, 0.05) is 17.1 Å². The summed E-state index contributed by atoms with van der Waals surface area (Å²) < 4.78 is 0. The summed E-state index contributed by atoms with van der Waals surface area (Å²) in [5.41, 5.74) is 7.49. The molecule has 0 unspecified atom stereocenters. The minimum Gasteiger partial charge on any atom is -0.389 e. The minimum atomic E-state index is 0.385. The van der Waals surface area contributed by atoms with Crippen molar-refractivity contribution in [2.24, 2.45) is 5.73 Å². The standard InChI is InChI=1S/C12H17ClN2S/c1-3-15(4-2)8-10-6-5-9(12(14)16)7-11(10)13/h5-7H,3-4,8H2,1-2H3,(H2,14,16). The van der Waals surface area contributed by atoms with Crippen molar-refractivity contribution in [3.63, 3.8) is 0 Å². The largest absolute Gasteiger partial charge is 0.389 e. The van der Waals surface area contributed by atoms with Crippen molar-refractivity contribution in [3.05, 3.63) is 34.3 Å². The fourth-order valence-corrected chi connectivity index (χ4v) is 1.88. The van der Waals surface area contributed by atoms with Crippen LogP contribution in [0.1, 0.15) is 25.0 Å². The third kappa shape index (κ3) is 3.44. The van der Waals surface area contributed by atoms with Gasteiger partial charge in [-0.1, -0.05) is 49.8 Å². The third-order valence-electron chi connectivity index (χ3n) is 2.63. The maximum atomic E-state index is 6.19. The Balaban J connectivity index is 2.86. The van der Waals surface area contributed by atoms with Gasteiger partial charge in [-0.15, -0.1) is 0 Å². The summed E-state index contributed by atoms with van der Waals surface area (Å²) in [7, 11) is 0. The van der Waals surface area contributed by atoms with Crippen LogP contribution in [-0.4, -0.2) is 23.0 Å². The fourth-order valence-electron chi connectivity index (χ4n) is 1.52. The Bertz CT molecular complexity index is 375. The highest BCUT2D eigenvalue weighted by Crippen LogP contribution is 2.19. The van der Waals surface area contributed by atoms with Crippen molar-refractivity contribution < 1.29 is 0 Å². The molecule has 1 aromatic rings. The van der Waals surface area contributed by atoms with Crippen LogP contribution in [0.2, 0.25) is 5.02 Å². The summed E-state index contributed by atoms with van der Waals surface area (Å²) in [5, 5.41) is 0.734. The van der Waals surface area contributed by atoms with Gasteiger partial charge in [0.2, 0.25) is 0 Å². The van der Waals surface area contributed by atoms with Gasteiger partial charge < -0.3 is 5.73 Å². The first-order valence-electron chi connectivity index (χ1n) is 5.39. The molecule has 0 heterocycles. The Morgan fingerprint density at radius 1 is 1.38 bits per heavy atom. The van der Waals surface area contributed by atoms with Crippen molar-refractivity contribution in [3.8, 4) is 0 Å². The number of hydrogen-bond acceptors (Lipinski definition) is 2. The first-order valence-corrected chi connectivity index (χ1v) is 6.17. The highest BCUT2D eigenvalue weighted by atomic mass is 35.5. The van der Waals surface area contributed by atoms with Gasteiger partial charge in [0.25, 0.3) is 0 Å². The van der Waals surface area contributed by atoms with Gasteiger partial charge in [0.1, 0.15) is 4.99 Å². The van der Waals surface area contributed by atoms with Crippen LogP contribution in [0.25, 0.3) is 0 Å². The average molecular weight is 257 g/mol. The van der Waals surface area contributed by atoms with Crippen LogP contribution in [0.4, 0.5) is 0 Å². The Labute approximate surface area is 107 Å². The van der Waals surface area contributed by atoms with E-state index in [4.69, 9.17) is 29.6 Å². The highest BCUT2D eigenvalue weighted by Gasteiger charge is 2.06. The molecule has 0 atom stereocenters. The summed E-state index contributed by atoms with van der Waals surface area (Å²) in [4.78, 5) is 2.69. The van der Waals surface area contributed by atoms with E-state index in [9.17, 15) is 0 Å². The zero-order valence-corrected chi connectivity index (χ0v) is 11.2. The van der Waals surface area contributed by atoms with Crippen LogP contribution in [0.3, 0.4) is 0 Å². The topological polar surface area (TPSA) is 29.3 Å². The SMILES string of the molecule is CCN(CC)Cc1ccc(C(N)=S)cc1Cl. The molecule has 4 heteroatoms. The number of nitrogens with zero attached hydrogens (tertiary/aromatic N) is 1. The molecule has 0 aromatic heterocycles. The van der Waals surface area contributed by atoms with Gasteiger partial charge in [-0.25, -0.2) is 0 Å². The lowest BCUT2D eigenvalue weighted by Gasteiger charge is -2.19. The van der Waals surface area contributed by atoms with Crippen molar-refractivity contribution in [2.45, 2.75) is 20.4 Å². The van der Waals surface area contributed by atoms with E-state index in [1.165, 1.54) is 0 Å². The Hall–Kier alpha value is -0.640. The zero-order chi connectivity index (χ0) is 12.1. The monoisotopic (exact) mass is 256 g/mol. The summed E-state index contributed by atoms with van der Waals surface area (Å²) in [6.45, 7) is 7.18. The number of hydrogen-bond donors (Lipinski definition) is 1. The Kier molecular flexibility index (Phi) is 5.19. The molecular formula is C12H17ClN2S. The van der Waals surface area contributed by atoms with E-state index in [-0.39, 0.29) is 0 Å². The molecule has 0 amide bonds. The van der Waals surface area contributed by atoms with Crippen molar-refractivity contribution >= 4 is 28.8 Å². The fraction of sp³-hybridized carbons (Fsp3) is 0.417. The van der Waals surface area contributed by atoms with Crippen molar-refractivity contribution in [2.75, 3.05) is 13.1 Å². The Morgan fingerprint density at radius 3 is 2.44 bits per heavy atom. The lowest BCUT2D eigenvalue weighted by molar-refractivity contribution is 0.296. The Morgan fingerprint density at radius 2 is 2.00 bits per heavy atom. The molecule has 0 saturated heterocycles. The van der Waals surface area contributed by atoms with E-state index in [1.807, 2.05) is 18.2 Å². The van der Waals surface area contributed by atoms with E-state index >= 15 is 0 Å². The second-order valence-corrected chi connectivity index (χ2v) is 4.48. The molecule has 1 aromatic carbocycles. The molecule has 0 aliphatic rings. The molecule has 88 valence electrons. The number of nitrogens with two attached hydrogens (primary N) is 1. The van der Waals surface area contributed by atoms with Gasteiger partial charge >= 0.3 is 0 Å². The smallest absolute Gasteiger partial charge is 0.104 e. The number of rotatable bonds is 5. The van der Waals surface area contributed by atoms with E-state index in [2.05, 4.69) is 18.7 Å². The quantitative estimate of drug-likeness (QED) is 0.822. The summed E-state index contributed by atoms with van der Waals surface area (Å²) in [6.07, 6.45) is 0. The minimum absolute atomic E-state index is 0.385. The van der Waals surface area contributed by atoms with E-state index < -0.39 is 0 Å². The predicted octanol–water partition coefficient (Wildman–Crippen LogP) is 2.82. The van der Waals surface area contributed by atoms with Crippen molar-refractivity contribution in [1.29, 1.82) is 0 Å². The van der Waals surface area contributed by atoms with Crippen LogP contribution in [0.15, 0.2) is 18.2 Å². The maximum absolute atomic E-state index is 6.19. The average Bonchev–Trinajstić information content (AvgIpc) is 2.27. The lowest BCUT2D eigenvalue weighted by Crippen LogP contribution is -2.22. The molecular weight excluding hydrogens is 240 g/mol. The molecule has 0 bridgehead atoms. The lowest BCUT2D eigenvalue weighted by atomic mass is 10.1. The van der Waals surface area contributed by atoms with Crippen LogP contribution < -0.4 is 5.73 Å². The third-order valence-corrected chi connectivity index (χ3v) is 3.21. The van der Waals surface area contributed by atoms with Gasteiger partial charge in [-0.3, -0.25) is 4.90 Å². The molecule has 2 nitrogen and oxygen atoms in total. The molecule has 0 spiro atoms. The van der Waals surface area contributed by atoms with Gasteiger partial charge in [-0.2, -0.15) is 0 Å². The van der Waals surface area contributed by atoms with E-state index in [0.29, 0.717) is 4.99 Å². The van der Waals surface area contributed by atoms with E-state index in [1.54, 1.807) is 0 Å². The van der Waals surface area contributed by atoms with Crippen LogP contribution >= 0.6 is 23.8 Å². The number of halogens is 1.